The Bertz CT molecular complexity index is 419. The van der Waals surface area contributed by atoms with Crippen molar-refractivity contribution in [2.45, 2.75) is 51.7 Å². The maximum Gasteiger partial charge on any atom is 0.249 e. The van der Waals surface area contributed by atoms with Crippen LogP contribution in [0.2, 0.25) is 0 Å². The van der Waals surface area contributed by atoms with Crippen LogP contribution in [0.1, 0.15) is 56.7 Å². The van der Waals surface area contributed by atoms with E-state index >= 15 is 0 Å². The fourth-order valence-corrected chi connectivity index (χ4v) is 2.34. The molecule has 1 saturated heterocycles. The molecular weight excluding hydrogens is 238 g/mol. The van der Waals surface area contributed by atoms with Crippen LogP contribution in [-0.4, -0.2) is 18.6 Å². The summed E-state index contributed by atoms with van der Waals surface area (Å²) in [6.07, 6.45) is 1.57. The zero-order valence-electron chi connectivity index (χ0n) is 12.0. The van der Waals surface area contributed by atoms with Crippen LogP contribution in [0.3, 0.4) is 0 Å². The van der Waals surface area contributed by atoms with Crippen molar-refractivity contribution >= 4 is 5.91 Å². The summed E-state index contributed by atoms with van der Waals surface area (Å²) in [5, 5.41) is 3.02. The van der Waals surface area contributed by atoms with E-state index in [0.29, 0.717) is 12.5 Å². The molecule has 3 heteroatoms. The SMILES string of the molecule is CC(C)c1ccc([C@H](C)NC(=O)[C@H]2CCCO2)cc1. The zero-order valence-corrected chi connectivity index (χ0v) is 12.0. The first-order chi connectivity index (χ1) is 9.08. The van der Waals surface area contributed by atoms with E-state index in [2.05, 4.69) is 43.4 Å². The third kappa shape index (κ3) is 3.57. The van der Waals surface area contributed by atoms with Gasteiger partial charge in [-0.25, -0.2) is 0 Å². The van der Waals surface area contributed by atoms with Gasteiger partial charge in [0, 0.05) is 6.61 Å². The van der Waals surface area contributed by atoms with E-state index in [1.807, 2.05) is 6.92 Å². The molecule has 1 aromatic carbocycles. The number of carbonyl (C=O) groups is 1. The Labute approximate surface area is 115 Å². The highest BCUT2D eigenvalue weighted by Gasteiger charge is 2.24. The topological polar surface area (TPSA) is 38.3 Å². The van der Waals surface area contributed by atoms with Gasteiger partial charge in [-0.1, -0.05) is 38.1 Å². The second kappa shape index (κ2) is 6.20. The van der Waals surface area contributed by atoms with Crippen LogP contribution in [-0.2, 0) is 9.53 Å². The van der Waals surface area contributed by atoms with Crippen LogP contribution in [0.5, 0.6) is 0 Å². The maximum atomic E-state index is 12.0. The summed E-state index contributed by atoms with van der Waals surface area (Å²) in [6, 6.07) is 8.48. The van der Waals surface area contributed by atoms with Crippen molar-refractivity contribution in [1.82, 2.24) is 5.32 Å². The van der Waals surface area contributed by atoms with Crippen LogP contribution < -0.4 is 5.32 Å². The van der Waals surface area contributed by atoms with Gasteiger partial charge in [0.05, 0.1) is 6.04 Å². The molecule has 1 aromatic rings. The summed E-state index contributed by atoms with van der Waals surface area (Å²) in [4.78, 5) is 12.0. The number of hydrogen-bond acceptors (Lipinski definition) is 2. The molecule has 2 rings (SSSR count). The van der Waals surface area contributed by atoms with Crippen LogP contribution in [0, 0.1) is 0 Å². The Balaban J connectivity index is 1.95. The molecule has 0 spiro atoms. The average Bonchev–Trinajstić information content (AvgIpc) is 2.92. The third-order valence-corrected chi connectivity index (χ3v) is 3.68. The largest absolute Gasteiger partial charge is 0.368 e. The summed E-state index contributed by atoms with van der Waals surface area (Å²) < 4.78 is 5.39. The average molecular weight is 261 g/mol. The lowest BCUT2D eigenvalue weighted by molar-refractivity contribution is -0.130. The van der Waals surface area contributed by atoms with Gasteiger partial charge >= 0.3 is 0 Å². The van der Waals surface area contributed by atoms with Gasteiger partial charge in [-0.2, -0.15) is 0 Å². The molecule has 104 valence electrons. The normalized spacial score (nSPS) is 20.5. The first-order valence-electron chi connectivity index (χ1n) is 7.09. The van der Waals surface area contributed by atoms with Gasteiger partial charge in [0.2, 0.25) is 5.91 Å². The number of benzene rings is 1. The lowest BCUT2D eigenvalue weighted by Gasteiger charge is -2.18. The fourth-order valence-electron chi connectivity index (χ4n) is 2.34. The van der Waals surface area contributed by atoms with Crippen molar-refractivity contribution in [2.75, 3.05) is 6.61 Å². The minimum Gasteiger partial charge on any atom is -0.368 e. The quantitative estimate of drug-likeness (QED) is 0.904. The standard InChI is InChI=1S/C16H23NO2/c1-11(2)13-6-8-14(9-7-13)12(3)17-16(18)15-5-4-10-19-15/h6-9,11-12,15H,4-5,10H2,1-3H3,(H,17,18)/t12-,15+/m0/s1. The van der Waals surface area contributed by atoms with Gasteiger partial charge in [-0.15, -0.1) is 0 Å². The predicted molar refractivity (Wildman–Crippen MR) is 76.1 cm³/mol. The molecule has 1 aliphatic heterocycles. The first-order valence-corrected chi connectivity index (χ1v) is 7.09. The minimum atomic E-state index is -0.252. The van der Waals surface area contributed by atoms with Crippen molar-refractivity contribution < 1.29 is 9.53 Å². The van der Waals surface area contributed by atoms with E-state index in [9.17, 15) is 4.79 Å². The predicted octanol–water partition coefficient (Wildman–Crippen LogP) is 3.17. The second-order valence-corrected chi connectivity index (χ2v) is 5.55. The fraction of sp³-hybridized carbons (Fsp3) is 0.562. The van der Waals surface area contributed by atoms with Gasteiger partial charge in [-0.05, 0) is 36.8 Å². The van der Waals surface area contributed by atoms with E-state index < -0.39 is 0 Å². The lowest BCUT2D eigenvalue weighted by atomic mass is 9.99. The van der Waals surface area contributed by atoms with Crippen molar-refractivity contribution in [1.29, 1.82) is 0 Å². The highest BCUT2D eigenvalue weighted by Crippen LogP contribution is 2.19. The highest BCUT2D eigenvalue weighted by atomic mass is 16.5. The molecule has 1 amide bonds. The van der Waals surface area contributed by atoms with Crippen LogP contribution >= 0.6 is 0 Å². The van der Waals surface area contributed by atoms with Gasteiger partial charge in [0.1, 0.15) is 6.10 Å². The van der Waals surface area contributed by atoms with Crippen LogP contribution in [0.15, 0.2) is 24.3 Å². The molecule has 0 saturated carbocycles. The molecule has 0 bridgehead atoms. The molecule has 1 aliphatic rings. The number of rotatable bonds is 4. The molecule has 1 heterocycles. The van der Waals surface area contributed by atoms with E-state index in [1.165, 1.54) is 5.56 Å². The first kappa shape index (κ1) is 14.1. The van der Waals surface area contributed by atoms with Crippen LogP contribution in [0.4, 0.5) is 0 Å². The Kier molecular flexibility index (Phi) is 4.59. The highest BCUT2D eigenvalue weighted by molar-refractivity contribution is 5.81. The van der Waals surface area contributed by atoms with Crippen molar-refractivity contribution in [2.24, 2.45) is 0 Å². The molecule has 3 nitrogen and oxygen atoms in total. The van der Waals surface area contributed by atoms with E-state index in [4.69, 9.17) is 4.74 Å². The smallest absolute Gasteiger partial charge is 0.249 e. The maximum absolute atomic E-state index is 12.0. The van der Waals surface area contributed by atoms with Crippen molar-refractivity contribution in [3.63, 3.8) is 0 Å². The molecule has 1 N–H and O–H groups in total. The number of ether oxygens (including phenoxy) is 1. The monoisotopic (exact) mass is 261 g/mol. The Morgan fingerprint density at radius 3 is 2.37 bits per heavy atom. The summed E-state index contributed by atoms with van der Waals surface area (Å²) in [6.45, 7) is 7.07. The second-order valence-electron chi connectivity index (χ2n) is 5.55. The Morgan fingerprint density at radius 2 is 1.84 bits per heavy atom. The molecule has 0 radical (unpaired) electrons. The van der Waals surface area contributed by atoms with E-state index in [1.54, 1.807) is 0 Å². The third-order valence-electron chi connectivity index (χ3n) is 3.68. The van der Waals surface area contributed by atoms with E-state index in [0.717, 1.165) is 18.4 Å². The van der Waals surface area contributed by atoms with Gasteiger partial charge in [0.15, 0.2) is 0 Å². The number of hydrogen-bond donors (Lipinski definition) is 1. The van der Waals surface area contributed by atoms with Crippen molar-refractivity contribution in [3.05, 3.63) is 35.4 Å². The summed E-state index contributed by atoms with van der Waals surface area (Å²) in [5.74, 6) is 0.545. The molecular formula is C16H23NO2. The van der Waals surface area contributed by atoms with Crippen molar-refractivity contribution in [3.8, 4) is 0 Å². The lowest BCUT2D eigenvalue weighted by Crippen LogP contribution is -2.35. The molecule has 2 atom stereocenters. The minimum absolute atomic E-state index is 0.0120. The Morgan fingerprint density at radius 1 is 1.21 bits per heavy atom. The molecule has 19 heavy (non-hydrogen) atoms. The number of carbonyl (C=O) groups excluding carboxylic acids is 1. The molecule has 0 aliphatic carbocycles. The van der Waals surface area contributed by atoms with Crippen LogP contribution in [0.25, 0.3) is 0 Å². The Hall–Kier alpha value is -1.35. The van der Waals surface area contributed by atoms with E-state index in [-0.39, 0.29) is 18.1 Å². The summed E-state index contributed by atoms with van der Waals surface area (Å²) in [7, 11) is 0. The van der Waals surface area contributed by atoms with Gasteiger partial charge < -0.3 is 10.1 Å². The molecule has 1 fully saturated rings. The van der Waals surface area contributed by atoms with Gasteiger partial charge in [0.25, 0.3) is 0 Å². The molecule has 0 aromatic heterocycles. The zero-order chi connectivity index (χ0) is 13.8. The summed E-state index contributed by atoms with van der Waals surface area (Å²) >= 11 is 0. The number of nitrogens with one attached hydrogen (secondary N) is 1. The molecule has 0 unspecified atom stereocenters. The van der Waals surface area contributed by atoms with Gasteiger partial charge in [-0.3, -0.25) is 4.79 Å². The summed E-state index contributed by atoms with van der Waals surface area (Å²) in [5.41, 5.74) is 2.46. The number of amides is 1.